The van der Waals surface area contributed by atoms with Gasteiger partial charge in [0.1, 0.15) is 5.82 Å². The number of hydrogen-bond donors (Lipinski definition) is 1. The minimum atomic E-state index is 0.727. The Balaban J connectivity index is 1.41. The first-order chi connectivity index (χ1) is 11.3. The van der Waals surface area contributed by atoms with Gasteiger partial charge in [-0.25, -0.2) is 4.98 Å². The molecule has 0 amide bonds. The Kier molecular flexibility index (Phi) is 4.18. The standard InChI is InChI=1S/C17H25N5O/c1-23-11-10-22-9-6-18-16(22)12-21-7-4-14-15(5-8-21)19-20-17(14)13-2-3-13/h6,9,13H,2-5,7-8,10-12H2,1H3,(H,19,20). The maximum absolute atomic E-state index is 5.18. The minimum Gasteiger partial charge on any atom is -0.383 e. The highest BCUT2D eigenvalue weighted by atomic mass is 16.5. The van der Waals surface area contributed by atoms with Gasteiger partial charge >= 0.3 is 0 Å². The first kappa shape index (κ1) is 14.9. The van der Waals surface area contributed by atoms with E-state index in [9.17, 15) is 0 Å². The number of aromatic nitrogens is 4. The molecule has 1 aliphatic heterocycles. The summed E-state index contributed by atoms with van der Waals surface area (Å²) >= 11 is 0. The summed E-state index contributed by atoms with van der Waals surface area (Å²) in [6, 6.07) is 0. The van der Waals surface area contributed by atoms with E-state index in [1.165, 1.54) is 29.8 Å². The van der Waals surface area contributed by atoms with E-state index in [-0.39, 0.29) is 0 Å². The summed E-state index contributed by atoms with van der Waals surface area (Å²) in [6.07, 6.45) is 8.74. The molecule has 0 radical (unpaired) electrons. The third kappa shape index (κ3) is 3.19. The van der Waals surface area contributed by atoms with Gasteiger partial charge in [0.15, 0.2) is 0 Å². The molecule has 0 spiro atoms. The van der Waals surface area contributed by atoms with Crippen molar-refractivity contribution < 1.29 is 4.74 Å². The molecule has 0 aromatic carbocycles. The summed E-state index contributed by atoms with van der Waals surface area (Å²) < 4.78 is 7.38. The second kappa shape index (κ2) is 6.45. The van der Waals surface area contributed by atoms with Crippen molar-refractivity contribution in [3.8, 4) is 0 Å². The molecule has 2 aromatic heterocycles. The normalized spacial score (nSPS) is 18.8. The maximum Gasteiger partial charge on any atom is 0.122 e. The van der Waals surface area contributed by atoms with Gasteiger partial charge in [-0.3, -0.25) is 10.00 Å². The Morgan fingerprint density at radius 1 is 1.30 bits per heavy atom. The van der Waals surface area contributed by atoms with E-state index in [2.05, 4.69) is 24.6 Å². The summed E-state index contributed by atoms with van der Waals surface area (Å²) in [6.45, 7) is 4.66. The zero-order chi connectivity index (χ0) is 15.6. The van der Waals surface area contributed by atoms with Crippen LogP contribution in [-0.4, -0.2) is 51.5 Å². The molecule has 23 heavy (non-hydrogen) atoms. The zero-order valence-electron chi connectivity index (χ0n) is 13.8. The van der Waals surface area contributed by atoms with Gasteiger partial charge in [-0.05, 0) is 24.8 Å². The lowest BCUT2D eigenvalue weighted by Gasteiger charge is -2.20. The summed E-state index contributed by atoms with van der Waals surface area (Å²) in [5.41, 5.74) is 4.21. The van der Waals surface area contributed by atoms with Crippen molar-refractivity contribution in [2.45, 2.75) is 44.7 Å². The van der Waals surface area contributed by atoms with Crippen LogP contribution >= 0.6 is 0 Å². The number of imidazole rings is 1. The van der Waals surface area contributed by atoms with Crippen molar-refractivity contribution in [3.63, 3.8) is 0 Å². The molecule has 6 nitrogen and oxygen atoms in total. The van der Waals surface area contributed by atoms with Crippen molar-refractivity contribution in [2.75, 3.05) is 26.8 Å². The van der Waals surface area contributed by atoms with Gasteiger partial charge < -0.3 is 9.30 Å². The van der Waals surface area contributed by atoms with Crippen molar-refractivity contribution in [1.29, 1.82) is 0 Å². The largest absolute Gasteiger partial charge is 0.383 e. The van der Waals surface area contributed by atoms with E-state index in [1.807, 2.05) is 12.4 Å². The molecule has 0 bridgehead atoms. The Bertz CT molecular complexity index is 658. The average molecular weight is 315 g/mol. The molecule has 4 rings (SSSR count). The first-order valence-electron chi connectivity index (χ1n) is 8.62. The third-order valence-electron chi connectivity index (χ3n) is 5.01. The second-order valence-corrected chi connectivity index (χ2v) is 6.65. The van der Waals surface area contributed by atoms with E-state index < -0.39 is 0 Å². The highest BCUT2D eigenvalue weighted by Gasteiger charge is 2.31. The molecular formula is C17H25N5O. The predicted molar refractivity (Wildman–Crippen MR) is 87.4 cm³/mol. The van der Waals surface area contributed by atoms with Crippen LogP contribution in [0, 0.1) is 0 Å². The van der Waals surface area contributed by atoms with Gasteiger partial charge in [0, 0.05) is 57.2 Å². The van der Waals surface area contributed by atoms with Crippen LogP contribution in [0.25, 0.3) is 0 Å². The number of hydrogen-bond acceptors (Lipinski definition) is 4. The highest BCUT2D eigenvalue weighted by Crippen LogP contribution is 2.41. The molecule has 3 heterocycles. The lowest BCUT2D eigenvalue weighted by molar-refractivity contribution is 0.184. The number of rotatable bonds is 6. The van der Waals surface area contributed by atoms with Crippen molar-refractivity contribution in [1.82, 2.24) is 24.6 Å². The van der Waals surface area contributed by atoms with Crippen LogP contribution in [0.2, 0.25) is 0 Å². The number of nitrogens with zero attached hydrogens (tertiary/aromatic N) is 4. The number of methoxy groups -OCH3 is 1. The Labute approximate surface area is 136 Å². The van der Waals surface area contributed by atoms with Gasteiger partial charge in [-0.2, -0.15) is 5.10 Å². The molecule has 2 aromatic rings. The molecule has 124 valence electrons. The SMILES string of the molecule is COCCn1ccnc1CN1CCc2[nH]nc(C3CC3)c2CC1. The molecule has 0 unspecified atom stereocenters. The Morgan fingerprint density at radius 3 is 3.00 bits per heavy atom. The molecule has 0 saturated heterocycles. The molecular weight excluding hydrogens is 290 g/mol. The summed E-state index contributed by atoms with van der Waals surface area (Å²) in [4.78, 5) is 7.04. The molecule has 2 aliphatic rings. The number of aromatic amines is 1. The molecule has 1 fully saturated rings. The van der Waals surface area contributed by atoms with Gasteiger partial charge in [-0.1, -0.05) is 0 Å². The molecule has 1 N–H and O–H groups in total. The molecule has 1 saturated carbocycles. The van der Waals surface area contributed by atoms with E-state index >= 15 is 0 Å². The topological polar surface area (TPSA) is 59.0 Å². The van der Waals surface area contributed by atoms with Crippen LogP contribution in [0.4, 0.5) is 0 Å². The molecule has 0 atom stereocenters. The van der Waals surface area contributed by atoms with Crippen LogP contribution in [0.15, 0.2) is 12.4 Å². The highest BCUT2D eigenvalue weighted by molar-refractivity contribution is 5.32. The molecule has 6 heteroatoms. The van der Waals surface area contributed by atoms with Crippen LogP contribution in [-0.2, 0) is 30.7 Å². The smallest absolute Gasteiger partial charge is 0.122 e. The van der Waals surface area contributed by atoms with E-state index in [1.54, 1.807) is 7.11 Å². The van der Waals surface area contributed by atoms with Crippen LogP contribution in [0.5, 0.6) is 0 Å². The fourth-order valence-corrected chi connectivity index (χ4v) is 3.49. The van der Waals surface area contributed by atoms with Crippen LogP contribution < -0.4 is 0 Å². The van der Waals surface area contributed by atoms with Gasteiger partial charge in [0.2, 0.25) is 0 Å². The van der Waals surface area contributed by atoms with Gasteiger partial charge in [0.05, 0.1) is 18.8 Å². The average Bonchev–Trinajstić information content (AvgIpc) is 3.24. The van der Waals surface area contributed by atoms with E-state index in [0.717, 1.165) is 57.4 Å². The fourth-order valence-electron chi connectivity index (χ4n) is 3.49. The van der Waals surface area contributed by atoms with Crippen molar-refractivity contribution >= 4 is 0 Å². The number of nitrogens with one attached hydrogen (secondary N) is 1. The minimum absolute atomic E-state index is 0.727. The second-order valence-electron chi connectivity index (χ2n) is 6.65. The summed E-state index contributed by atoms with van der Waals surface area (Å²) in [5.74, 6) is 1.86. The molecule has 1 aliphatic carbocycles. The Morgan fingerprint density at radius 2 is 2.17 bits per heavy atom. The monoisotopic (exact) mass is 315 g/mol. The first-order valence-corrected chi connectivity index (χ1v) is 8.62. The lowest BCUT2D eigenvalue weighted by Crippen LogP contribution is -2.28. The van der Waals surface area contributed by atoms with Gasteiger partial charge in [0.25, 0.3) is 0 Å². The fraction of sp³-hybridized carbons (Fsp3) is 0.647. The quantitative estimate of drug-likeness (QED) is 0.882. The van der Waals surface area contributed by atoms with Crippen molar-refractivity contribution in [2.24, 2.45) is 0 Å². The van der Waals surface area contributed by atoms with E-state index in [4.69, 9.17) is 4.74 Å². The Hall–Kier alpha value is -1.66. The zero-order valence-corrected chi connectivity index (χ0v) is 13.8. The summed E-state index contributed by atoms with van der Waals surface area (Å²) in [7, 11) is 1.74. The van der Waals surface area contributed by atoms with Crippen LogP contribution in [0.3, 0.4) is 0 Å². The number of fused-ring (bicyclic) bond motifs is 1. The predicted octanol–water partition coefficient (Wildman–Crippen LogP) is 1.73. The van der Waals surface area contributed by atoms with Crippen LogP contribution in [0.1, 0.15) is 41.5 Å². The summed E-state index contributed by atoms with van der Waals surface area (Å²) in [5, 5.41) is 7.87. The van der Waals surface area contributed by atoms with Gasteiger partial charge in [-0.15, -0.1) is 0 Å². The number of ether oxygens (including phenoxy) is 1. The third-order valence-corrected chi connectivity index (χ3v) is 5.01. The van der Waals surface area contributed by atoms with Crippen molar-refractivity contribution in [3.05, 3.63) is 35.2 Å². The number of H-pyrrole nitrogens is 1. The lowest BCUT2D eigenvalue weighted by atomic mass is 10.1. The maximum atomic E-state index is 5.18. The van der Waals surface area contributed by atoms with E-state index in [0.29, 0.717) is 0 Å².